The van der Waals surface area contributed by atoms with Gasteiger partial charge >= 0.3 is 0 Å². The highest BCUT2D eigenvalue weighted by Gasteiger charge is 2.21. The Kier molecular flexibility index (Phi) is 12.1. The molecule has 1 fully saturated rings. The average Bonchev–Trinajstić information content (AvgIpc) is 2.95. The number of para-hydroxylation sites is 3. The van der Waals surface area contributed by atoms with Crippen LogP contribution >= 0.6 is 0 Å². The number of hydrogen-bond acceptors (Lipinski definition) is 9. The molecule has 1 aliphatic rings. The van der Waals surface area contributed by atoms with E-state index < -0.39 is 16.2 Å². The lowest BCUT2D eigenvalue weighted by molar-refractivity contribution is -0.117. The van der Waals surface area contributed by atoms with Crippen LogP contribution in [-0.2, 0) is 14.9 Å². The molecule has 3 aromatic rings. The summed E-state index contributed by atoms with van der Waals surface area (Å²) < 4.78 is 41.8. The molecule has 0 radical (unpaired) electrons. The lowest BCUT2D eigenvalue weighted by atomic mass is 10.1. The number of aliphatic hydroxyl groups excluding tert-OH is 1. The van der Waals surface area contributed by atoms with E-state index in [2.05, 4.69) is 15.1 Å². The third-order valence-corrected chi connectivity index (χ3v) is 7.43. The minimum Gasteiger partial charge on any atom is -0.744 e. The maximum Gasteiger partial charge on any atom is 0.238 e. The van der Waals surface area contributed by atoms with Crippen molar-refractivity contribution in [3.63, 3.8) is 0 Å². The monoisotopic (exact) mass is 584 g/mol. The molecule has 1 heterocycles. The van der Waals surface area contributed by atoms with Crippen LogP contribution in [-0.4, -0.2) is 92.9 Å². The highest BCUT2D eigenvalue weighted by Crippen LogP contribution is 2.26. The Morgan fingerprint density at radius 2 is 1.46 bits per heavy atom. The Balaban J connectivity index is 0.000000389. The summed E-state index contributed by atoms with van der Waals surface area (Å²) in [6.07, 6.45) is -0.594. The van der Waals surface area contributed by atoms with Gasteiger partial charge in [-0.15, -0.1) is 0 Å². The van der Waals surface area contributed by atoms with Crippen molar-refractivity contribution in [2.45, 2.75) is 24.8 Å². The molecule has 222 valence electrons. The molecule has 10 nitrogen and oxygen atoms in total. The summed E-state index contributed by atoms with van der Waals surface area (Å²) in [5, 5.41) is 13.4. The smallest absolute Gasteiger partial charge is 0.238 e. The summed E-state index contributed by atoms with van der Waals surface area (Å²) in [6.45, 7) is 8.33. The van der Waals surface area contributed by atoms with E-state index in [9.17, 15) is 22.9 Å². The van der Waals surface area contributed by atoms with E-state index in [0.717, 1.165) is 43.0 Å². The Labute approximate surface area is 242 Å². The fraction of sp³-hybridized carbons (Fsp3) is 0.367. The molecule has 4 rings (SSSR count). The van der Waals surface area contributed by atoms with Crippen LogP contribution in [0.25, 0.3) is 0 Å². The lowest BCUT2D eigenvalue weighted by Gasteiger charge is -2.35. The van der Waals surface area contributed by atoms with Crippen molar-refractivity contribution in [1.29, 1.82) is 0 Å². The second-order valence-corrected chi connectivity index (χ2v) is 11.2. The summed E-state index contributed by atoms with van der Waals surface area (Å²) in [5.74, 6) is 1.29. The van der Waals surface area contributed by atoms with Crippen molar-refractivity contribution >= 4 is 21.7 Å². The highest BCUT2D eigenvalue weighted by molar-refractivity contribution is 7.85. The van der Waals surface area contributed by atoms with Crippen LogP contribution in [0.3, 0.4) is 0 Å². The van der Waals surface area contributed by atoms with Gasteiger partial charge in [-0.2, -0.15) is 0 Å². The summed E-state index contributed by atoms with van der Waals surface area (Å²) in [4.78, 5) is 16.7. The second kappa shape index (κ2) is 15.5. The number of benzene rings is 3. The van der Waals surface area contributed by atoms with Gasteiger partial charge in [0.2, 0.25) is 5.91 Å². The van der Waals surface area contributed by atoms with Crippen LogP contribution in [0.5, 0.6) is 11.5 Å². The maximum atomic E-state index is 12.5. The molecule has 1 unspecified atom stereocenters. The Morgan fingerprint density at radius 1 is 0.902 bits per heavy atom. The first-order chi connectivity index (χ1) is 19.6. The molecule has 1 amide bonds. The second-order valence-electron chi connectivity index (χ2n) is 9.77. The van der Waals surface area contributed by atoms with E-state index in [0.29, 0.717) is 24.6 Å². The molecule has 11 heteroatoms. The van der Waals surface area contributed by atoms with Gasteiger partial charge < -0.3 is 24.4 Å². The van der Waals surface area contributed by atoms with E-state index in [1.807, 2.05) is 56.3 Å². The van der Waals surface area contributed by atoms with Crippen molar-refractivity contribution in [2.24, 2.45) is 0 Å². The fourth-order valence-electron chi connectivity index (χ4n) is 4.39. The molecule has 0 aliphatic carbocycles. The molecule has 0 spiro atoms. The van der Waals surface area contributed by atoms with Gasteiger partial charge in [0.25, 0.3) is 0 Å². The largest absolute Gasteiger partial charge is 0.744 e. The van der Waals surface area contributed by atoms with Crippen molar-refractivity contribution in [2.75, 3.05) is 58.3 Å². The van der Waals surface area contributed by atoms with E-state index in [-0.39, 0.29) is 17.4 Å². The van der Waals surface area contributed by atoms with Crippen molar-refractivity contribution in [1.82, 2.24) is 9.80 Å². The van der Waals surface area contributed by atoms with Crippen LogP contribution < -0.4 is 14.8 Å². The number of ether oxygens (including phenoxy) is 2. The minimum absolute atomic E-state index is 0.0103. The maximum absolute atomic E-state index is 12.5. The van der Waals surface area contributed by atoms with E-state index >= 15 is 0 Å². The first-order valence-electron chi connectivity index (χ1n) is 13.3. The van der Waals surface area contributed by atoms with Crippen molar-refractivity contribution < 1.29 is 32.3 Å². The number of aliphatic hydroxyl groups is 1. The number of amides is 1. The van der Waals surface area contributed by atoms with Gasteiger partial charge in [0.15, 0.2) is 11.5 Å². The summed E-state index contributed by atoms with van der Waals surface area (Å²) in [7, 11) is -2.66. The number of carbonyl (C=O) groups excluding carboxylic acids is 1. The Hall–Kier alpha value is -3.48. The standard InChI is InChI=1S/C24H33N3O4.C6H6O3S/c1-18-7-6-8-19(2)24(18)25-23(29)16-27-13-11-26(12-14-27)15-20(28)17-31-22-10-5-4-9-21(22)30-3;7-10(8,9)6-4-2-1-3-5-6/h4-10,20,28H,11-17H2,1-3H3,(H,25,29);1-5H,(H,7,8,9)/p-1. The number of hydrogen-bond donors (Lipinski definition) is 2. The highest BCUT2D eigenvalue weighted by atomic mass is 32.2. The molecule has 2 N–H and O–H groups in total. The third kappa shape index (κ3) is 10.5. The van der Waals surface area contributed by atoms with Gasteiger partial charge in [-0.3, -0.25) is 14.6 Å². The molecule has 0 saturated carbocycles. The quantitative estimate of drug-likeness (QED) is 0.345. The topological polar surface area (TPSA) is 131 Å². The molecule has 1 atom stereocenters. The van der Waals surface area contributed by atoms with Crippen molar-refractivity contribution in [3.05, 3.63) is 83.9 Å². The number of nitrogens with zero attached hydrogens (tertiary/aromatic N) is 2. The third-order valence-electron chi connectivity index (χ3n) is 6.58. The first-order valence-corrected chi connectivity index (χ1v) is 14.7. The average molecular weight is 585 g/mol. The van der Waals surface area contributed by atoms with Crippen LogP contribution in [0.15, 0.2) is 77.7 Å². The molecular formula is C30H38N3O7S-. The number of β-amino-alcohol motifs (C(OH)–C–C–N with tert-alkyl or cyclic N) is 1. The van der Waals surface area contributed by atoms with Gasteiger partial charge in [-0.1, -0.05) is 48.5 Å². The SMILES string of the molecule is COc1ccccc1OCC(O)CN1CCN(CC(=O)Nc2c(C)cccc2C)CC1.O=S(=O)([O-])c1ccccc1. The van der Waals surface area contributed by atoms with Gasteiger partial charge in [0.05, 0.1) is 18.6 Å². The molecule has 3 aromatic carbocycles. The zero-order valence-electron chi connectivity index (χ0n) is 23.7. The Bertz CT molecular complexity index is 1340. The summed E-state index contributed by atoms with van der Waals surface area (Å²) in [5.41, 5.74) is 3.05. The molecule has 0 bridgehead atoms. The van der Waals surface area contributed by atoms with Gasteiger partial charge in [-0.25, -0.2) is 8.42 Å². The van der Waals surface area contributed by atoms with E-state index in [4.69, 9.17) is 9.47 Å². The molecule has 1 saturated heterocycles. The number of anilines is 1. The first kappa shape index (κ1) is 32.0. The van der Waals surface area contributed by atoms with E-state index in [1.165, 1.54) is 24.3 Å². The number of rotatable bonds is 10. The van der Waals surface area contributed by atoms with Gasteiger partial charge in [0.1, 0.15) is 22.8 Å². The predicted octanol–water partition coefficient (Wildman–Crippen LogP) is 2.90. The van der Waals surface area contributed by atoms with Crippen LogP contribution in [0.2, 0.25) is 0 Å². The zero-order chi connectivity index (χ0) is 29.8. The predicted molar refractivity (Wildman–Crippen MR) is 156 cm³/mol. The van der Waals surface area contributed by atoms with Crippen LogP contribution in [0.1, 0.15) is 11.1 Å². The molecular weight excluding hydrogens is 546 g/mol. The minimum atomic E-state index is -4.25. The number of carbonyl (C=O) groups is 1. The molecule has 0 aromatic heterocycles. The lowest BCUT2D eigenvalue weighted by Crippen LogP contribution is -2.50. The van der Waals surface area contributed by atoms with E-state index in [1.54, 1.807) is 13.2 Å². The number of piperazine rings is 1. The molecule has 1 aliphatic heterocycles. The summed E-state index contributed by atoms with van der Waals surface area (Å²) in [6, 6.07) is 20.6. The molecule has 41 heavy (non-hydrogen) atoms. The number of nitrogens with one attached hydrogen (secondary N) is 1. The normalized spacial score (nSPS) is 14.9. The zero-order valence-corrected chi connectivity index (χ0v) is 24.5. The number of aryl methyl sites for hydroxylation is 2. The van der Waals surface area contributed by atoms with Crippen molar-refractivity contribution in [3.8, 4) is 11.5 Å². The van der Waals surface area contributed by atoms with Gasteiger partial charge in [0, 0.05) is 38.4 Å². The van der Waals surface area contributed by atoms with Crippen LogP contribution in [0, 0.1) is 13.8 Å². The van der Waals surface area contributed by atoms with Gasteiger partial charge in [-0.05, 0) is 49.2 Å². The fourth-order valence-corrected chi connectivity index (χ4v) is 4.88. The van der Waals surface area contributed by atoms with Crippen LogP contribution in [0.4, 0.5) is 5.69 Å². The summed E-state index contributed by atoms with van der Waals surface area (Å²) >= 11 is 0. The number of methoxy groups -OCH3 is 1. The Morgan fingerprint density at radius 3 is 2.02 bits per heavy atom.